The van der Waals surface area contributed by atoms with Crippen LogP contribution >= 0.6 is 11.6 Å². The zero-order valence-corrected chi connectivity index (χ0v) is 13.3. The van der Waals surface area contributed by atoms with Crippen molar-refractivity contribution >= 4 is 17.4 Å². The molecule has 2 unspecified atom stereocenters. The predicted octanol–water partition coefficient (Wildman–Crippen LogP) is -0.276. The number of hydrogen-bond donors (Lipinski definition) is 3. The first-order valence-corrected chi connectivity index (χ1v) is 7.22. The molecule has 1 aromatic heterocycles. The normalized spacial score (nSPS) is 31.5. The number of halogens is 2. The Hall–Kier alpha value is -1.66. The highest BCUT2D eigenvalue weighted by Gasteiger charge is 2.57. The van der Waals surface area contributed by atoms with E-state index < -0.39 is 41.8 Å². The average molecular weight is 346 g/mol. The lowest BCUT2D eigenvalue weighted by molar-refractivity contribution is -0.0777. The summed E-state index contributed by atoms with van der Waals surface area (Å²) in [4.78, 5) is 13.9. The van der Waals surface area contributed by atoms with Gasteiger partial charge in [0, 0.05) is 5.69 Å². The fourth-order valence-electron chi connectivity index (χ4n) is 2.55. The van der Waals surface area contributed by atoms with E-state index in [0.29, 0.717) is 5.69 Å². The largest absolute Gasteiger partial charge is 0.391 e. The lowest BCUT2D eigenvalue weighted by Gasteiger charge is -2.27. The molecule has 1 aliphatic heterocycles. The smallest absolute Gasteiger partial charge is 0.351 e. The van der Waals surface area contributed by atoms with E-state index in [1.807, 2.05) is 0 Å². The van der Waals surface area contributed by atoms with Gasteiger partial charge >= 0.3 is 5.69 Å². The maximum Gasteiger partial charge on any atom is 0.351 e. The van der Waals surface area contributed by atoms with Crippen molar-refractivity contribution in [2.75, 3.05) is 12.4 Å². The molecule has 1 fully saturated rings. The van der Waals surface area contributed by atoms with Crippen LogP contribution in [0.5, 0.6) is 0 Å². The van der Waals surface area contributed by atoms with Crippen LogP contribution in [-0.2, 0) is 4.74 Å². The van der Waals surface area contributed by atoms with Gasteiger partial charge in [-0.2, -0.15) is 4.98 Å². The number of anilines is 1. The van der Waals surface area contributed by atoms with Crippen LogP contribution in [0.1, 0.15) is 18.8 Å². The van der Waals surface area contributed by atoms with Gasteiger partial charge in [0.1, 0.15) is 24.7 Å². The molecule has 1 aliphatic rings. The SMILES string of the molecule is Cc1cc(N)nc(=O)n1[C@@H]1OC([C@@H](C)O)[C@H](O)C1(Cl)C#CCF. The lowest BCUT2D eigenvalue weighted by Crippen LogP contribution is -2.45. The van der Waals surface area contributed by atoms with E-state index in [9.17, 15) is 19.4 Å². The van der Waals surface area contributed by atoms with Crippen LogP contribution in [0.2, 0.25) is 0 Å². The second kappa shape index (κ2) is 6.45. The number of nitrogen functional groups attached to an aromatic ring is 1. The number of hydrogen-bond acceptors (Lipinski definition) is 6. The summed E-state index contributed by atoms with van der Waals surface area (Å²) in [5, 5.41) is 20.1. The molecular weight excluding hydrogens is 329 g/mol. The van der Waals surface area contributed by atoms with E-state index in [0.717, 1.165) is 4.57 Å². The summed E-state index contributed by atoms with van der Waals surface area (Å²) in [6, 6.07) is 1.42. The van der Waals surface area contributed by atoms with E-state index in [-0.39, 0.29) is 5.82 Å². The van der Waals surface area contributed by atoms with Crippen molar-refractivity contribution in [2.45, 2.75) is 43.3 Å². The Morgan fingerprint density at radius 1 is 1.70 bits per heavy atom. The van der Waals surface area contributed by atoms with E-state index in [1.54, 1.807) is 6.92 Å². The zero-order chi connectivity index (χ0) is 17.4. The van der Waals surface area contributed by atoms with Crippen LogP contribution in [0.4, 0.5) is 10.2 Å². The van der Waals surface area contributed by atoms with Crippen LogP contribution in [0.25, 0.3) is 0 Å². The Bertz CT molecular complexity index is 714. The van der Waals surface area contributed by atoms with Crippen molar-refractivity contribution in [1.82, 2.24) is 9.55 Å². The van der Waals surface area contributed by atoms with E-state index in [2.05, 4.69) is 16.8 Å². The topological polar surface area (TPSA) is 111 Å². The molecule has 0 saturated carbocycles. The molecule has 1 saturated heterocycles. The molecule has 126 valence electrons. The van der Waals surface area contributed by atoms with Gasteiger partial charge in [-0.1, -0.05) is 23.4 Å². The van der Waals surface area contributed by atoms with Crippen molar-refractivity contribution in [1.29, 1.82) is 0 Å². The number of aliphatic hydroxyl groups is 2. The van der Waals surface area contributed by atoms with Crippen LogP contribution in [0, 0.1) is 18.8 Å². The minimum atomic E-state index is -1.82. The van der Waals surface area contributed by atoms with Crippen molar-refractivity contribution in [2.24, 2.45) is 0 Å². The van der Waals surface area contributed by atoms with Crippen molar-refractivity contribution in [3.8, 4) is 11.8 Å². The highest BCUT2D eigenvalue weighted by atomic mass is 35.5. The van der Waals surface area contributed by atoms with Gasteiger partial charge in [0.05, 0.1) is 6.10 Å². The summed E-state index contributed by atoms with van der Waals surface area (Å²) in [5.41, 5.74) is 5.13. The summed E-state index contributed by atoms with van der Waals surface area (Å²) in [6.45, 7) is 1.99. The monoisotopic (exact) mass is 345 g/mol. The van der Waals surface area contributed by atoms with Crippen LogP contribution in [-0.4, -0.2) is 49.6 Å². The van der Waals surface area contributed by atoms with Crippen molar-refractivity contribution in [3.05, 3.63) is 22.2 Å². The molecule has 5 atom stereocenters. The fourth-order valence-corrected chi connectivity index (χ4v) is 2.89. The summed E-state index contributed by atoms with van der Waals surface area (Å²) in [5.74, 6) is 4.55. The van der Waals surface area contributed by atoms with Gasteiger partial charge in [0.25, 0.3) is 0 Å². The summed E-state index contributed by atoms with van der Waals surface area (Å²) >= 11 is 6.38. The molecule has 2 rings (SSSR count). The molecule has 9 heteroatoms. The number of alkyl halides is 2. The van der Waals surface area contributed by atoms with Gasteiger partial charge in [-0.25, -0.2) is 9.18 Å². The molecule has 0 aromatic carbocycles. The van der Waals surface area contributed by atoms with Gasteiger partial charge in [-0.15, -0.1) is 0 Å². The Morgan fingerprint density at radius 2 is 2.35 bits per heavy atom. The number of rotatable bonds is 2. The number of aromatic nitrogens is 2. The van der Waals surface area contributed by atoms with Crippen LogP contribution in [0.15, 0.2) is 10.9 Å². The molecule has 23 heavy (non-hydrogen) atoms. The van der Waals surface area contributed by atoms with Gasteiger partial charge in [0.2, 0.25) is 0 Å². The maximum atomic E-state index is 12.4. The Labute approximate surface area is 136 Å². The Kier molecular flexibility index (Phi) is 4.96. The minimum absolute atomic E-state index is 0.0180. The first-order chi connectivity index (χ1) is 10.7. The van der Waals surface area contributed by atoms with Crippen molar-refractivity contribution in [3.63, 3.8) is 0 Å². The number of aliphatic hydroxyl groups excluding tert-OH is 2. The summed E-state index contributed by atoms with van der Waals surface area (Å²) in [6.07, 6.45) is -4.90. The summed E-state index contributed by atoms with van der Waals surface area (Å²) in [7, 11) is 0. The molecule has 7 nitrogen and oxygen atoms in total. The molecule has 1 aromatic rings. The lowest BCUT2D eigenvalue weighted by atomic mass is 9.96. The maximum absolute atomic E-state index is 12.4. The number of aryl methyl sites for hydroxylation is 1. The third kappa shape index (κ3) is 3.05. The third-order valence-electron chi connectivity index (χ3n) is 3.61. The van der Waals surface area contributed by atoms with Crippen LogP contribution < -0.4 is 11.4 Å². The van der Waals surface area contributed by atoms with E-state index in [4.69, 9.17) is 22.1 Å². The van der Waals surface area contributed by atoms with Crippen molar-refractivity contribution < 1.29 is 19.3 Å². The molecule has 4 N–H and O–H groups in total. The Balaban J connectivity index is 2.61. The highest BCUT2D eigenvalue weighted by Crippen LogP contribution is 2.44. The average Bonchev–Trinajstić information content (AvgIpc) is 2.70. The molecule has 2 heterocycles. The van der Waals surface area contributed by atoms with Crippen LogP contribution in [0.3, 0.4) is 0 Å². The molecular formula is C14H17ClFN3O4. The Morgan fingerprint density at radius 3 is 2.87 bits per heavy atom. The predicted molar refractivity (Wildman–Crippen MR) is 81.6 cm³/mol. The first-order valence-electron chi connectivity index (χ1n) is 6.84. The van der Waals surface area contributed by atoms with E-state index in [1.165, 1.54) is 13.0 Å². The first kappa shape index (κ1) is 17.7. The molecule has 0 spiro atoms. The van der Waals surface area contributed by atoms with Gasteiger partial charge < -0.3 is 20.7 Å². The highest BCUT2D eigenvalue weighted by molar-refractivity contribution is 6.27. The number of nitrogens with zero attached hydrogens (tertiary/aromatic N) is 2. The number of nitrogens with two attached hydrogens (primary N) is 1. The fraction of sp³-hybridized carbons (Fsp3) is 0.571. The molecule has 0 amide bonds. The quantitative estimate of drug-likeness (QED) is 0.502. The number of ether oxygens (including phenoxy) is 1. The van der Waals surface area contributed by atoms with E-state index >= 15 is 0 Å². The minimum Gasteiger partial charge on any atom is -0.391 e. The third-order valence-corrected chi connectivity index (χ3v) is 4.12. The second-order valence-corrected chi connectivity index (χ2v) is 5.94. The standard InChI is InChI=1S/C14H17ClFN3O4/c1-7-6-9(17)18-13(22)19(7)12-14(15,4-3-5-16)11(21)10(23-12)8(2)20/h6,8,10-12,20-21H,5H2,1-2H3,(H2,17,18,22)/t8-,10?,11+,12-,14?/m1/s1. The van der Waals surface area contributed by atoms with Gasteiger partial charge in [0.15, 0.2) is 11.1 Å². The molecule has 0 aliphatic carbocycles. The molecule has 0 radical (unpaired) electrons. The van der Waals surface area contributed by atoms with Gasteiger partial charge in [-0.3, -0.25) is 4.57 Å². The second-order valence-electron chi connectivity index (χ2n) is 5.32. The summed E-state index contributed by atoms with van der Waals surface area (Å²) < 4.78 is 19.1. The van der Waals surface area contributed by atoms with Gasteiger partial charge in [-0.05, 0) is 19.9 Å². The molecule has 0 bridgehead atoms. The zero-order valence-electron chi connectivity index (χ0n) is 12.5.